The number of hydrogen-bond acceptors (Lipinski definition) is 4. The van der Waals surface area contributed by atoms with Crippen molar-refractivity contribution < 1.29 is 23.1 Å². The molecular weight excluding hydrogens is 408 g/mol. The molecule has 31 heavy (non-hydrogen) atoms. The first-order chi connectivity index (χ1) is 14.8. The van der Waals surface area contributed by atoms with Crippen LogP contribution in [0.3, 0.4) is 0 Å². The largest absolute Gasteiger partial charge is 0.457 e. The number of nitrogens with zero attached hydrogens (tertiary/aromatic N) is 1. The van der Waals surface area contributed by atoms with E-state index in [0.29, 0.717) is 16.9 Å². The third-order valence-electron chi connectivity index (χ3n) is 5.03. The van der Waals surface area contributed by atoms with Crippen molar-refractivity contribution in [3.63, 3.8) is 0 Å². The van der Waals surface area contributed by atoms with Crippen molar-refractivity contribution >= 4 is 11.9 Å². The Balaban J connectivity index is 1.67. The summed E-state index contributed by atoms with van der Waals surface area (Å²) in [4.78, 5) is 37.1. The van der Waals surface area contributed by atoms with E-state index in [9.17, 15) is 23.2 Å². The monoisotopic (exact) mass is 425 g/mol. The molecule has 0 radical (unpaired) electrons. The van der Waals surface area contributed by atoms with Crippen LogP contribution in [0.5, 0.6) is 11.5 Å². The first-order valence-electron chi connectivity index (χ1n) is 9.31. The molecule has 158 valence electrons. The van der Waals surface area contributed by atoms with E-state index in [2.05, 4.69) is 10.6 Å². The number of aromatic nitrogens is 1. The Hall–Kier alpha value is -4.01. The molecular formula is C22H17F2N3O4. The van der Waals surface area contributed by atoms with Crippen LogP contribution in [0.4, 0.5) is 13.6 Å². The van der Waals surface area contributed by atoms with Crippen LogP contribution < -0.4 is 20.9 Å². The first-order valence-corrected chi connectivity index (χ1v) is 9.31. The summed E-state index contributed by atoms with van der Waals surface area (Å²) in [5, 5.41) is 4.83. The molecule has 2 heterocycles. The second-order valence-electron chi connectivity index (χ2n) is 7.14. The number of imide groups is 1. The van der Waals surface area contributed by atoms with Crippen molar-refractivity contribution in [3.05, 3.63) is 93.9 Å². The SMILES string of the molecule is Cc1cccn(CC2(c3ccc(Oc4ccc(F)c(F)c4)cc3)NC(=O)NC2=O)c1=O. The molecule has 4 rings (SSSR count). The third kappa shape index (κ3) is 3.77. The lowest BCUT2D eigenvalue weighted by atomic mass is 9.89. The van der Waals surface area contributed by atoms with E-state index < -0.39 is 29.1 Å². The lowest BCUT2D eigenvalue weighted by Crippen LogP contribution is -2.49. The summed E-state index contributed by atoms with van der Waals surface area (Å²) in [6.45, 7) is 1.54. The van der Waals surface area contributed by atoms with Gasteiger partial charge in [0.25, 0.3) is 11.5 Å². The molecule has 0 spiro atoms. The van der Waals surface area contributed by atoms with E-state index in [4.69, 9.17) is 4.74 Å². The zero-order valence-corrected chi connectivity index (χ0v) is 16.3. The average molecular weight is 425 g/mol. The van der Waals surface area contributed by atoms with E-state index in [1.165, 1.54) is 29.0 Å². The van der Waals surface area contributed by atoms with Crippen LogP contribution in [0.15, 0.2) is 65.6 Å². The highest BCUT2D eigenvalue weighted by atomic mass is 19.2. The lowest BCUT2D eigenvalue weighted by Gasteiger charge is -2.27. The summed E-state index contributed by atoms with van der Waals surface area (Å²) in [5.74, 6) is -2.22. The van der Waals surface area contributed by atoms with E-state index >= 15 is 0 Å². The van der Waals surface area contributed by atoms with Gasteiger partial charge in [0.1, 0.15) is 11.5 Å². The minimum atomic E-state index is -1.50. The second-order valence-corrected chi connectivity index (χ2v) is 7.14. The van der Waals surface area contributed by atoms with Crippen LogP contribution in [-0.4, -0.2) is 16.5 Å². The number of carbonyl (C=O) groups excluding carboxylic acids is 2. The van der Waals surface area contributed by atoms with Gasteiger partial charge in [-0.25, -0.2) is 13.6 Å². The number of urea groups is 1. The van der Waals surface area contributed by atoms with Gasteiger partial charge >= 0.3 is 6.03 Å². The molecule has 1 aliphatic heterocycles. The molecule has 0 saturated carbocycles. The number of pyridine rings is 1. The minimum absolute atomic E-state index is 0.0968. The van der Waals surface area contributed by atoms with Crippen LogP contribution in [0.25, 0.3) is 0 Å². The molecule has 0 bridgehead atoms. The van der Waals surface area contributed by atoms with Gasteiger partial charge in [0.2, 0.25) is 0 Å². The number of rotatable bonds is 5. The van der Waals surface area contributed by atoms with Crippen molar-refractivity contribution in [1.82, 2.24) is 15.2 Å². The van der Waals surface area contributed by atoms with Crippen LogP contribution >= 0.6 is 0 Å². The highest BCUT2D eigenvalue weighted by Crippen LogP contribution is 2.30. The maximum atomic E-state index is 13.4. The minimum Gasteiger partial charge on any atom is -0.457 e. The fourth-order valence-corrected chi connectivity index (χ4v) is 3.42. The number of amides is 3. The number of halogens is 2. The number of benzene rings is 2. The van der Waals surface area contributed by atoms with Gasteiger partial charge in [0, 0.05) is 17.8 Å². The predicted molar refractivity (Wildman–Crippen MR) is 107 cm³/mol. The Morgan fingerprint density at radius 1 is 0.968 bits per heavy atom. The Kier molecular flexibility index (Phi) is 5.02. The van der Waals surface area contributed by atoms with Gasteiger partial charge in [-0.15, -0.1) is 0 Å². The Morgan fingerprint density at radius 2 is 1.68 bits per heavy atom. The van der Waals surface area contributed by atoms with Gasteiger partial charge in [-0.05, 0) is 42.8 Å². The number of hydrogen-bond donors (Lipinski definition) is 2. The van der Waals surface area contributed by atoms with Gasteiger partial charge in [-0.2, -0.15) is 0 Å². The summed E-state index contributed by atoms with van der Waals surface area (Å²) in [6, 6.07) is 12.0. The van der Waals surface area contributed by atoms with Gasteiger partial charge in [-0.3, -0.25) is 14.9 Å². The molecule has 1 aliphatic rings. The molecule has 1 saturated heterocycles. The molecule has 1 aromatic heterocycles. The van der Waals surface area contributed by atoms with Gasteiger partial charge < -0.3 is 14.6 Å². The molecule has 3 amide bonds. The smallest absolute Gasteiger partial charge is 0.322 e. The van der Waals surface area contributed by atoms with Gasteiger partial charge in [0.05, 0.1) is 6.54 Å². The van der Waals surface area contributed by atoms with Gasteiger partial charge in [-0.1, -0.05) is 18.2 Å². The zero-order valence-electron chi connectivity index (χ0n) is 16.3. The van der Waals surface area contributed by atoms with Gasteiger partial charge in [0.15, 0.2) is 17.2 Å². The molecule has 9 heteroatoms. The molecule has 7 nitrogen and oxygen atoms in total. The van der Waals surface area contributed by atoms with Crippen LogP contribution in [0.1, 0.15) is 11.1 Å². The van der Waals surface area contributed by atoms with E-state index in [-0.39, 0.29) is 17.9 Å². The number of carbonyl (C=O) groups is 2. The normalized spacial score (nSPS) is 17.9. The average Bonchev–Trinajstić information content (AvgIpc) is 3.02. The topological polar surface area (TPSA) is 89.4 Å². The summed E-state index contributed by atoms with van der Waals surface area (Å²) in [6.07, 6.45) is 1.54. The quantitative estimate of drug-likeness (QED) is 0.615. The van der Waals surface area contributed by atoms with Crippen molar-refractivity contribution in [3.8, 4) is 11.5 Å². The van der Waals surface area contributed by atoms with Crippen molar-refractivity contribution in [1.29, 1.82) is 0 Å². The fraction of sp³-hybridized carbons (Fsp3) is 0.136. The molecule has 2 N–H and O–H groups in total. The first kappa shape index (κ1) is 20.3. The van der Waals surface area contributed by atoms with Crippen molar-refractivity contribution in [2.24, 2.45) is 0 Å². The third-order valence-corrected chi connectivity index (χ3v) is 5.03. The van der Waals surface area contributed by atoms with E-state index in [0.717, 1.165) is 12.1 Å². The molecule has 1 atom stereocenters. The molecule has 3 aromatic rings. The van der Waals surface area contributed by atoms with E-state index in [1.807, 2.05) is 0 Å². The predicted octanol–water partition coefficient (Wildman–Crippen LogP) is 2.96. The number of nitrogens with one attached hydrogen (secondary N) is 2. The maximum absolute atomic E-state index is 13.4. The number of aryl methyl sites for hydroxylation is 1. The number of ether oxygens (including phenoxy) is 1. The Bertz CT molecular complexity index is 1240. The summed E-state index contributed by atoms with van der Waals surface area (Å²) in [7, 11) is 0. The summed E-state index contributed by atoms with van der Waals surface area (Å²) < 4.78 is 33.3. The highest BCUT2D eigenvalue weighted by Gasteiger charge is 2.48. The van der Waals surface area contributed by atoms with Crippen molar-refractivity contribution in [2.45, 2.75) is 19.0 Å². The molecule has 1 fully saturated rings. The standard InChI is InChI=1S/C22H17F2N3O4/c1-13-3-2-10-27(19(13)28)12-22(20(29)25-21(30)26-22)14-4-6-15(7-5-14)31-16-8-9-17(23)18(24)11-16/h2-11H,12H2,1H3,(H2,25,26,29,30). The highest BCUT2D eigenvalue weighted by molar-refractivity contribution is 6.07. The van der Waals surface area contributed by atoms with Crippen molar-refractivity contribution in [2.75, 3.05) is 0 Å². The summed E-state index contributed by atoms with van der Waals surface area (Å²) in [5.41, 5.74) is -0.872. The van der Waals surface area contributed by atoms with Crippen LogP contribution in [0.2, 0.25) is 0 Å². The van der Waals surface area contributed by atoms with E-state index in [1.54, 1.807) is 31.2 Å². The second kappa shape index (κ2) is 7.67. The molecule has 1 unspecified atom stereocenters. The molecule has 2 aromatic carbocycles. The van der Waals surface area contributed by atoms with Crippen LogP contribution in [-0.2, 0) is 16.9 Å². The lowest BCUT2D eigenvalue weighted by molar-refractivity contribution is -0.124. The van der Waals surface area contributed by atoms with Crippen LogP contribution in [0, 0.1) is 18.6 Å². The zero-order chi connectivity index (χ0) is 22.2. The summed E-state index contributed by atoms with van der Waals surface area (Å²) >= 11 is 0. The Labute approximate surface area is 175 Å². The maximum Gasteiger partial charge on any atom is 0.322 e. The molecule has 0 aliphatic carbocycles. The Morgan fingerprint density at radius 3 is 2.32 bits per heavy atom. The fourth-order valence-electron chi connectivity index (χ4n) is 3.42.